The summed E-state index contributed by atoms with van der Waals surface area (Å²) >= 11 is 2.63. The van der Waals surface area contributed by atoms with Gasteiger partial charge in [-0.2, -0.15) is 0 Å². The molecule has 8 heteroatoms. The highest BCUT2D eigenvalue weighted by atomic mass is 32.1. The van der Waals surface area contributed by atoms with Gasteiger partial charge in [-0.05, 0) is 26.2 Å². The quantitative estimate of drug-likeness (QED) is 0.580. The van der Waals surface area contributed by atoms with Crippen LogP contribution in [-0.2, 0) is 22.7 Å². The highest BCUT2D eigenvalue weighted by Crippen LogP contribution is 2.10. The van der Waals surface area contributed by atoms with Crippen molar-refractivity contribution in [2.45, 2.75) is 26.2 Å². The van der Waals surface area contributed by atoms with Gasteiger partial charge in [-0.1, -0.05) is 0 Å². The summed E-state index contributed by atoms with van der Waals surface area (Å²) in [5.74, 6) is 0. The maximum Gasteiger partial charge on any atom is 0.327 e. The Kier molecular flexibility index (Phi) is 2.91. The van der Waals surface area contributed by atoms with E-state index in [0.29, 0.717) is 0 Å². The number of nitrogens with zero attached hydrogens (tertiary/aromatic N) is 4. The van der Waals surface area contributed by atoms with Gasteiger partial charge >= 0.3 is 16.8 Å². The zero-order valence-electron chi connectivity index (χ0n) is 7.61. The van der Waals surface area contributed by atoms with Gasteiger partial charge in [-0.15, -0.1) is 0 Å². The standard InChI is InChI=1S/C4H12N4S2Si2/c1-11(2)5-9-7-12(3,4)8-10-6-11/h1-4H3. The molecule has 4 nitrogen and oxygen atoms in total. The Bertz CT molecular complexity index is 259. The molecule has 68 valence electrons. The molecule has 1 aliphatic rings. The predicted molar refractivity (Wildman–Crippen MR) is 59.4 cm³/mol. The average molecular weight is 236 g/mol. The molecule has 0 aromatic heterocycles. The van der Waals surface area contributed by atoms with Gasteiger partial charge < -0.3 is 0 Å². The molecule has 1 rings (SSSR count). The van der Waals surface area contributed by atoms with Crippen molar-refractivity contribution in [3.8, 4) is 0 Å². The van der Waals surface area contributed by atoms with Crippen LogP contribution in [0.4, 0.5) is 0 Å². The van der Waals surface area contributed by atoms with E-state index in [9.17, 15) is 0 Å². The lowest BCUT2D eigenvalue weighted by molar-refractivity contribution is 1.49. The molecule has 0 fully saturated rings. The Morgan fingerprint density at radius 1 is 0.667 bits per heavy atom. The van der Waals surface area contributed by atoms with Crippen molar-refractivity contribution in [1.82, 2.24) is 0 Å². The summed E-state index contributed by atoms with van der Waals surface area (Å²) in [6, 6.07) is 0. The molecule has 0 saturated heterocycles. The zero-order valence-corrected chi connectivity index (χ0v) is 11.2. The summed E-state index contributed by atoms with van der Waals surface area (Å²) in [5, 5.41) is 0. The van der Waals surface area contributed by atoms with Gasteiger partial charge in [0.05, 0.1) is 0 Å². The van der Waals surface area contributed by atoms with E-state index in [1.807, 2.05) is 0 Å². The number of hydrogen-bond donors (Lipinski definition) is 0. The molecule has 0 saturated carbocycles. The zero-order chi connectivity index (χ0) is 9.24. The highest BCUT2D eigenvalue weighted by Gasteiger charge is 2.23. The third kappa shape index (κ3) is 3.21. The molecule has 1 aliphatic heterocycles. The SMILES string of the molecule is C[Si]1(C)N=S=N[Si](C)(C)N=S=N1. The topological polar surface area (TPSA) is 49.4 Å². The fourth-order valence-electron chi connectivity index (χ4n) is 0.474. The van der Waals surface area contributed by atoms with Crippen molar-refractivity contribution in [1.29, 1.82) is 0 Å². The van der Waals surface area contributed by atoms with Gasteiger partial charge in [-0.25, -0.2) is 16.1 Å². The van der Waals surface area contributed by atoms with Gasteiger partial charge in [0.15, 0.2) is 0 Å². The molecule has 0 aromatic rings. The molecular formula is C4H12N4S2Si2. The fourth-order valence-corrected chi connectivity index (χ4v) is 5.60. The van der Waals surface area contributed by atoms with Crippen molar-refractivity contribution >= 4 is 39.5 Å². The van der Waals surface area contributed by atoms with Crippen LogP contribution in [0.3, 0.4) is 0 Å². The smallest absolute Gasteiger partial charge is 0.227 e. The second-order valence-corrected chi connectivity index (χ2v) is 12.7. The van der Waals surface area contributed by atoms with Gasteiger partial charge in [0, 0.05) is 22.7 Å². The van der Waals surface area contributed by atoms with Gasteiger partial charge in [-0.3, -0.25) is 0 Å². The second kappa shape index (κ2) is 3.44. The van der Waals surface area contributed by atoms with Gasteiger partial charge in [0.25, 0.3) is 0 Å². The third-order valence-corrected chi connectivity index (χ3v) is 9.51. The molecule has 0 unspecified atom stereocenters. The summed E-state index contributed by atoms with van der Waals surface area (Å²) in [4.78, 5) is 0. The second-order valence-electron chi connectivity index (χ2n) is 3.52. The molecule has 0 amide bonds. The van der Waals surface area contributed by atoms with E-state index in [1.54, 1.807) is 0 Å². The minimum atomic E-state index is -1.72. The number of rotatable bonds is 0. The van der Waals surface area contributed by atoms with Crippen molar-refractivity contribution in [2.75, 3.05) is 0 Å². The summed E-state index contributed by atoms with van der Waals surface area (Å²) in [6.07, 6.45) is 0. The lowest BCUT2D eigenvalue weighted by Crippen LogP contribution is -2.22. The average Bonchev–Trinajstić information content (AvgIpc) is 1.82. The molecule has 0 bridgehead atoms. The Morgan fingerprint density at radius 3 is 1.17 bits per heavy atom. The van der Waals surface area contributed by atoms with E-state index >= 15 is 0 Å². The molecule has 0 aromatic carbocycles. The normalized spacial score (nSPS) is 25.0. The molecular weight excluding hydrogens is 224 g/mol. The Balaban J connectivity index is 3.09. The van der Waals surface area contributed by atoms with E-state index < -0.39 is 16.8 Å². The number of hydrogen-bond acceptors (Lipinski definition) is 4. The van der Waals surface area contributed by atoms with Gasteiger partial charge in [0.2, 0.25) is 0 Å². The molecule has 0 atom stereocenters. The lowest BCUT2D eigenvalue weighted by atomic mass is 11.9. The van der Waals surface area contributed by atoms with Crippen molar-refractivity contribution < 1.29 is 0 Å². The Morgan fingerprint density at radius 2 is 0.917 bits per heavy atom. The Hall–Kier alpha value is 0.0738. The van der Waals surface area contributed by atoms with E-state index in [4.69, 9.17) is 0 Å². The van der Waals surface area contributed by atoms with Crippen molar-refractivity contribution in [3.05, 3.63) is 0 Å². The fraction of sp³-hybridized carbons (Fsp3) is 1.00. The summed E-state index contributed by atoms with van der Waals surface area (Å²) in [5.41, 5.74) is 0. The van der Waals surface area contributed by atoms with Crippen molar-refractivity contribution in [2.24, 2.45) is 16.1 Å². The largest absolute Gasteiger partial charge is 0.327 e. The first-order valence-electron chi connectivity index (χ1n) is 3.62. The first-order valence-corrected chi connectivity index (χ1v) is 10.9. The van der Waals surface area contributed by atoms with Crippen LogP contribution < -0.4 is 0 Å². The molecule has 1 heterocycles. The van der Waals surface area contributed by atoms with Crippen LogP contribution in [0.5, 0.6) is 0 Å². The lowest BCUT2D eigenvalue weighted by Gasteiger charge is -2.08. The first-order chi connectivity index (χ1) is 5.41. The van der Waals surface area contributed by atoms with E-state index in [1.165, 1.54) is 22.7 Å². The van der Waals surface area contributed by atoms with Crippen LogP contribution in [0.1, 0.15) is 0 Å². The van der Waals surface area contributed by atoms with E-state index in [2.05, 4.69) is 42.3 Å². The van der Waals surface area contributed by atoms with Crippen molar-refractivity contribution in [3.63, 3.8) is 0 Å². The van der Waals surface area contributed by atoms with Crippen LogP contribution >= 0.6 is 0 Å². The van der Waals surface area contributed by atoms with Gasteiger partial charge in [0.1, 0.15) is 0 Å². The van der Waals surface area contributed by atoms with E-state index in [-0.39, 0.29) is 0 Å². The Labute approximate surface area is 81.9 Å². The maximum atomic E-state index is 4.39. The van der Waals surface area contributed by atoms with Crippen LogP contribution in [-0.4, -0.2) is 16.8 Å². The van der Waals surface area contributed by atoms with E-state index in [0.717, 1.165) is 0 Å². The first kappa shape index (κ1) is 10.2. The molecule has 0 N–H and O–H groups in total. The van der Waals surface area contributed by atoms with Crippen LogP contribution in [0.15, 0.2) is 16.1 Å². The van der Waals surface area contributed by atoms with Crippen LogP contribution in [0.25, 0.3) is 0 Å². The molecule has 0 spiro atoms. The minimum absolute atomic E-state index is 1.32. The van der Waals surface area contributed by atoms with Crippen LogP contribution in [0, 0.1) is 0 Å². The predicted octanol–water partition coefficient (Wildman–Crippen LogP) is 2.30. The summed E-state index contributed by atoms with van der Waals surface area (Å²) in [6.45, 7) is 8.33. The maximum absolute atomic E-state index is 4.39. The minimum Gasteiger partial charge on any atom is -0.227 e. The molecule has 0 aliphatic carbocycles. The molecule has 12 heavy (non-hydrogen) atoms. The highest BCUT2D eigenvalue weighted by molar-refractivity contribution is 7.63. The monoisotopic (exact) mass is 236 g/mol. The summed E-state index contributed by atoms with van der Waals surface area (Å²) < 4.78 is 17.5. The third-order valence-electron chi connectivity index (χ3n) is 1.06. The molecule has 0 radical (unpaired) electrons. The van der Waals surface area contributed by atoms with Crippen LogP contribution in [0.2, 0.25) is 26.2 Å². The summed E-state index contributed by atoms with van der Waals surface area (Å²) in [7, 11) is -3.45.